The van der Waals surface area contributed by atoms with E-state index in [1.165, 1.54) is 24.3 Å². The number of pyridine rings is 1. The summed E-state index contributed by atoms with van der Waals surface area (Å²) < 4.78 is 42.6. The first-order valence-corrected chi connectivity index (χ1v) is 21.6. The van der Waals surface area contributed by atoms with Crippen LogP contribution in [0, 0.1) is 11.2 Å². The average molecular weight is 901 g/mol. The number of nitrogens with one attached hydrogen (secondary N) is 4. The fourth-order valence-electron chi connectivity index (χ4n) is 7.73. The second kappa shape index (κ2) is 20.3. The van der Waals surface area contributed by atoms with Crippen molar-refractivity contribution in [3.8, 4) is 17.2 Å². The molecule has 1 saturated carbocycles. The molecule has 1 unspecified atom stereocenters. The Morgan fingerprint density at radius 1 is 0.803 bits per heavy atom. The summed E-state index contributed by atoms with van der Waals surface area (Å²) in [5, 5.41) is 12.1. The first-order chi connectivity index (χ1) is 32.0. The highest BCUT2D eigenvalue weighted by Crippen LogP contribution is 2.47. The Bertz CT molecular complexity index is 2650. The highest BCUT2D eigenvalue weighted by Gasteiger charge is 2.56. The Balaban J connectivity index is 0.721. The summed E-state index contributed by atoms with van der Waals surface area (Å²) in [5.74, 6) is -0.935. The number of piperidine rings is 1. The van der Waals surface area contributed by atoms with Crippen molar-refractivity contribution < 1.29 is 52.0 Å². The topological polar surface area (TPSA) is 196 Å². The van der Waals surface area contributed by atoms with Gasteiger partial charge < -0.3 is 45.0 Å². The van der Waals surface area contributed by atoms with Crippen molar-refractivity contribution in [2.45, 2.75) is 44.8 Å². The zero-order chi connectivity index (χ0) is 46.2. The third kappa shape index (κ3) is 10.3. The van der Waals surface area contributed by atoms with E-state index in [0.29, 0.717) is 117 Å². The van der Waals surface area contributed by atoms with E-state index in [0.717, 1.165) is 15.8 Å². The number of amides is 5. The van der Waals surface area contributed by atoms with Gasteiger partial charge in [-0.2, -0.15) is 0 Å². The van der Waals surface area contributed by atoms with Crippen LogP contribution in [-0.4, -0.2) is 92.2 Å². The number of anilines is 3. The Morgan fingerprint density at radius 2 is 1.47 bits per heavy atom. The molecule has 1 saturated heterocycles. The largest absolute Gasteiger partial charge is 0.496 e. The lowest BCUT2D eigenvalue weighted by Gasteiger charge is -2.29. The molecule has 5 aromatic rings. The van der Waals surface area contributed by atoms with Crippen molar-refractivity contribution >= 4 is 57.5 Å². The number of hydrogen-bond acceptors (Lipinski definition) is 12. The molecule has 0 spiro atoms. The molecule has 0 radical (unpaired) electrons. The molecule has 4 N–H and O–H groups in total. The predicted octanol–water partition coefficient (Wildman–Crippen LogP) is 6.97. The summed E-state index contributed by atoms with van der Waals surface area (Å²) in [5.41, 5.74) is 3.02. The van der Waals surface area contributed by atoms with Gasteiger partial charge in [0, 0.05) is 59.7 Å². The fraction of sp³-hybridized carbons (Fsp3) is 0.306. The fourth-order valence-corrected chi connectivity index (χ4v) is 7.73. The molecular formula is C49H49FN6O10. The van der Waals surface area contributed by atoms with Gasteiger partial charge in [0.25, 0.3) is 11.8 Å². The molecule has 1 aliphatic carbocycles. The molecule has 1 atom stereocenters. The van der Waals surface area contributed by atoms with Crippen molar-refractivity contribution in [1.29, 1.82) is 0 Å². The molecule has 3 aliphatic rings. The molecule has 17 heteroatoms. The number of imide groups is 1. The molecule has 2 fully saturated rings. The van der Waals surface area contributed by atoms with Crippen LogP contribution in [0.4, 0.5) is 21.5 Å². The number of allylic oxidation sites excluding steroid dienone is 1. The maximum absolute atomic E-state index is 13.3. The van der Waals surface area contributed by atoms with Gasteiger partial charge >= 0.3 is 0 Å². The summed E-state index contributed by atoms with van der Waals surface area (Å²) in [6, 6.07) is 21.8. The molecule has 3 heterocycles. The van der Waals surface area contributed by atoms with Crippen LogP contribution in [0.1, 0.15) is 58.4 Å². The number of fused-ring (bicyclic) bond motifs is 2. The molecule has 342 valence electrons. The van der Waals surface area contributed by atoms with Crippen LogP contribution < -0.4 is 30.7 Å². The number of hydrogen-bond donors (Lipinski definition) is 4. The van der Waals surface area contributed by atoms with E-state index in [9.17, 15) is 28.4 Å². The minimum atomic E-state index is -1.18. The molecule has 16 nitrogen and oxygen atoms in total. The number of aromatic nitrogens is 1. The number of rotatable bonds is 21. The van der Waals surface area contributed by atoms with E-state index in [1.54, 1.807) is 61.8 Å². The van der Waals surface area contributed by atoms with Crippen molar-refractivity contribution in [1.82, 2.24) is 15.2 Å². The molecule has 5 amide bonds. The predicted molar refractivity (Wildman–Crippen MR) is 242 cm³/mol. The van der Waals surface area contributed by atoms with Gasteiger partial charge in [-0.05, 0) is 117 Å². The zero-order valence-corrected chi connectivity index (χ0v) is 36.3. The van der Waals surface area contributed by atoms with Gasteiger partial charge in [-0.25, -0.2) is 4.39 Å². The van der Waals surface area contributed by atoms with Gasteiger partial charge in [0.2, 0.25) is 17.7 Å². The number of methoxy groups -OCH3 is 1. The lowest BCUT2D eigenvalue weighted by atomic mass is 10.0. The second-order valence-corrected chi connectivity index (χ2v) is 16.1. The average Bonchev–Trinajstić information content (AvgIpc) is 4.10. The van der Waals surface area contributed by atoms with Gasteiger partial charge in [0.15, 0.2) is 0 Å². The molecule has 8 rings (SSSR count). The van der Waals surface area contributed by atoms with E-state index in [4.69, 9.17) is 23.7 Å². The lowest BCUT2D eigenvalue weighted by Crippen LogP contribution is -2.51. The van der Waals surface area contributed by atoms with Crippen molar-refractivity contribution in [3.05, 3.63) is 126 Å². The number of halogens is 1. The van der Waals surface area contributed by atoms with Gasteiger partial charge in [-0.3, -0.25) is 33.9 Å². The van der Waals surface area contributed by atoms with E-state index in [1.807, 2.05) is 12.1 Å². The van der Waals surface area contributed by atoms with Crippen molar-refractivity contribution in [2.24, 2.45) is 5.41 Å². The highest BCUT2D eigenvalue weighted by atomic mass is 19.1. The van der Waals surface area contributed by atoms with E-state index in [2.05, 4.69) is 32.8 Å². The van der Waals surface area contributed by atoms with Crippen molar-refractivity contribution in [2.75, 3.05) is 62.6 Å². The first-order valence-electron chi connectivity index (χ1n) is 21.6. The lowest BCUT2D eigenvalue weighted by molar-refractivity contribution is -0.131. The summed E-state index contributed by atoms with van der Waals surface area (Å²) in [4.78, 5) is 70.2. The van der Waals surface area contributed by atoms with Crippen LogP contribution in [0.2, 0.25) is 0 Å². The summed E-state index contributed by atoms with van der Waals surface area (Å²) in [6.07, 6.45) is 4.01. The van der Waals surface area contributed by atoms with Gasteiger partial charge in [0.1, 0.15) is 34.5 Å². The number of nitrogens with zero attached hydrogens (tertiary/aromatic N) is 2. The SMILES string of the molecule is C=C1CCC(N2C(=O)c3ccc(NCCOCCCOCCOCc4cc5nccc(Oc6ccc(NC(=O)C7(C(=O)Nc8ccc(F)cc8)CC7)cc6)c5cc4OC)cc3C2=O)C(=O)N1. The first kappa shape index (κ1) is 45.4. The third-order valence-electron chi connectivity index (χ3n) is 11.5. The molecular weight excluding hydrogens is 852 g/mol. The summed E-state index contributed by atoms with van der Waals surface area (Å²) >= 11 is 0. The smallest absolute Gasteiger partial charge is 0.262 e. The van der Waals surface area contributed by atoms with Crippen LogP contribution in [0.3, 0.4) is 0 Å². The number of carbonyl (C=O) groups excluding carboxylic acids is 5. The van der Waals surface area contributed by atoms with Crippen LogP contribution in [-0.2, 0) is 35.2 Å². The Hall–Kier alpha value is -7.21. The maximum atomic E-state index is 13.3. The summed E-state index contributed by atoms with van der Waals surface area (Å²) in [6.45, 7) is 6.67. The molecule has 4 aromatic carbocycles. The Labute approximate surface area is 379 Å². The number of ether oxygens (including phenoxy) is 5. The minimum absolute atomic E-state index is 0.268. The monoisotopic (exact) mass is 900 g/mol. The van der Waals surface area contributed by atoms with E-state index >= 15 is 0 Å². The quantitative estimate of drug-likeness (QED) is 0.0336. The highest BCUT2D eigenvalue weighted by molar-refractivity contribution is 6.23. The number of carbonyl (C=O) groups is 5. The van der Waals surface area contributed by atoms with E-state index < -0.39 is 46.8 Å². The van der Waals surface area contributed by atoms with Gasteiger partial charge in [0.05, 0.1) is 50.2 Å². The summed E-state index contributed by atoms with van der Waals surface area (Å²) in [7, 11) is 1.58. The zero-order valence-electron chi connectivity index (χ0n) is 36.3. The van der Waals surface area contributed by atoms with Crippen molar-refractivity contribution in [3.63, 3.8) is 0 Å². The van der Waals surface area contributed by atoms with Crippen LogP contribution in [0.25, 0.3) is 10.9 Å². The second-order valence-electron chi connectivity index (χ2n) is 16.1. The van der Waals surface area contributed by atoms with E-state index in [-0.39, 0.29) is 17.7 Å². The Kier molecular flexibility index (Phi) is 14.0. The minimum Gasteiger partial charge on any atom is -0.496 e. The van der Waals surface area contributed by atoms with Crippen LogP contribution >= 0.6 is 0 Å². The maximum Gasteiger partial charge on any atom is 0.262 e. The Morgan fingerprint density at radius 3 is 2.17 bits per heavy atom. The molecule has 66 heavy (non-hydrogen) atoms. The third-order valence-corrected chi connectivity index (χ3v) is 11.5. The number of benzene rings is 4. The van der Waals surface area contributed by atoms with Gasteiger partial charge in [-0.1, -0.05) is 6.58 Å². The standard InChI is InChI=1S/C49H49FN6O10/c1-30-4-15-41(44(57)53-30)56-45(58)37-14-11-35(27-38(37)46(56)59)51-20-23-63-21-3-22-64-24-25-65-29-31-26-40-39(28-43(31)62-2)42(16-19-52-40)66-36-12-9-34(10-13-36)55-48(61)49(17-18-49)47(60)54-33-7-5-32(50)6-8-33/h5-14,16,19,26-28,41,51H,1,3-4,15,17-18,20-25,29H2,2H3,(H,53,57)(H,54,60)(H,55,61). The van der Waals surface area contributed by atoms with Crippen LogP contribution in [0.5, 0.6) is 17.2 Å². The molecule has 1 aromatic heterocycles. The normalized spacial score (nSPS) is 16.2. The van der Waals surface area contributed by atoms with Crippen LogP contribution in [0.15, 0.2) is 103 Å². The van der Waals surface area contributed by atoms with Gasteiger partial charge in [-0.15, -0.1) is 0 Å². The molecule has 0 bridgehead atoms. The molecule has 2 aliphatic heterocycles.